The third kappa shape index (κ3) is 2.38. The highest BCUT2D eigenvalue weighted by Gasteiger charge is 2.06. The van der Waals surface area contributed by atoms with E-state index >= 15 is 0 Å². The SMILES string of the molecule is CCCn1cncc1Cn1ccc2cc(Cl)ccc21. The van der Waals surface area contributed by atoms with Crippen molar-refractivity contribution in [2.75, 3.05) is 0 Å². The molecule has 0 fully saturated rings. The molecule has 0 aliphatic heterocycles. The molecular formula is C15H16ClN3. The number of halogens is 1. The Morgan fingerprint density at radius 2 is 2.11 bits per heavy atom. The molecule has 3 rings (SSSR count). The van der Waals surface area contributed by atoms with Crippen LogP contribution in [0.4, 0.5) is 0 Å². The van der Waals surface area contributed by atoms with Gasteiger partial charge in [-0.25, -0.2) is 4.98 Å². The van der Waals surface area contributed by atoms with Crippen molar-refractivity contribution in [2.24, 2.45) is 0 Å². The molecule has 98 valence electrons. The van der Waals surface area contributed by atoms with E-state index in [-0.39, 0.29) is 0 Å². The Hall–Kier alpha value is -1.74. The van der Waals surface area contributed by atoms with Crippen LogP contribution < -0.4 is 0 Å². The number of rotatable bonds is 4. The molecule has 0 unspecified atom stereocenters. The summed E-state index contributed by atoms with van der Waals surface area (Å²) in [5, 5.41) is 1.95. The summed E-state index contributed by atoms with van der Waals surface area (Å²) in [6, 6.07) is 8.10. The third-order valence-electron chi connectivity index (χ3n) is 3.33. The monoisotopic (exact) mass is 273 g/mol. The van der Waals surface area contributed by atoms with Crippen molar-refractivity contribution in [3.63, 3.8) is 0 Å². The zero-order valence-electron chi connectivity index (χ0n) is 10.9. The van der Waals surface area contributed by atoms with Crippen molar-refractivity contribution >= 4 is 22.5 Å². The van der Waals surface area contributed by atoms with E-state index in [9.17, 15) is 0 Å². The van der Waals surface area contributed by atoms with Gasteiger partial charge >= 0.3 is 0 Å². The molecule has 0 atom stereocenters. The zero-order valence-corrected chi connectivity index (χ0v) is 11.6. The lowest BCUT2D eigenvalue weighted by atomic mass is 10.2. The van der Waals surface area contributed by atoms with Crippen LogP contribution in [0, 0.1) is 0 Å². The number of fused-ring (bicyclic) bond motifs is 1. The molecule has 0 amide bonds. The molecule has 3 nitrogen and oxygen atoms in total. The first-order valence-corrected chi connectivity index (χ1v) is 6.89. The van der Waals surface area contributed by atoms with Crippen LogP contribution in [0.1, 0.15) is 19.0 Å². The fraction of sp³-hybridized carbons (Fsp3) is 0.267. The normalized spacial score (nSPS) is 11.3. The molecule has 0 saturated carbocycles. The Morgan fingerprint density at radius 1 is 1.21 bits per heavy atom. The summed E-state index contributed by atoms with van der Waals surface area (Å²) >= 11 is 6.01. The fourth-order valence-electron chi connectivity index (χ4n) is 2.41. The van der Waals surface area contributed by atoms with Crippen molar-refractivity contribution in [3.8, 4) is 0 Å². The van der Waals surface area contributed by atoms with Crippen molar-refractivity contribution in [1.82, 2.24) is 14.1 Å². The summed E-state index contributed by atoms with van der Waals surface area (Å²) in [7, 11) is 0. The molecule has 0 aliphatic rings. The van der Waals surface area contributed by atoms with Gasteiger partial charge in [0.25, 0.3) is 0 Å². The number of imidazole rings is 1. The number of hydrogen-bond acceptors (Lipinski definition) is 1. The second-order valence-corrected chi connectivity index (χ2v) is 5.16. The average molecular weight is 274 g/mol. The van der Waals surface area contributed by atoms with Crippen LogP contribution in [-0.4, -0.2) is 14.1 Å². The van der Waals surface area contributed by atoms with Crippen LogP contribution in [0.5, 0.6) is 0 Å². The van der Waals surface area contributed by atoms with Crippen LogP contribution in [0.15, 0.2) is 43.0 Å². The summed E-state index contributed by atoms with van der Waals surface area (Å²) in [5.74, 6) is 0. The lowest BCUT2D eigenvalue weighted by Crippen LogP contribution is -2.06. The fourth-order valence-corrected chi connectivity index (χ4v) is 2.59. The smallest absolute Gasteiger partial charge is 0.0948 e. The average Bonchev–Trinajstić information content (AvgIpc) is 2.98. The third-order valence-corrected chi connectivity index (χ3v) is 3.56. The minimum atomic E-state index is 0.779. The highest BCUT2D eigenvalue weighted by Crippen LogP contribution is 2.21. The Bertz CT molecular complexity index is 696. The first-order chi connectivity index (χ1) is 9.28. The summed E-state index contributed by atoms with van der Waals surface area (Å²) in [5.41, 5.74) is 2.43. The number of hydrogen-bond donors (Lipinski definition) is 0. The number of aryl methyl sites for hydroxylation is 1. The zero-order chi connectivity index (χ0) is 13.2. The largest absolute Gasteiger partial charge is 0.341 e. The van der Waals surface area contributed by atoms with E-state index < -0.39 is 0 Å². The summed E-state index contributed by atoms with van der Waals surface area (Å²) in [6.07, 6.45) is 7.06. The minimum Gasteiger partial charge on any atom is -0.341 e. The summed E-state index contributed by atoms with van der Waals surface area (Å²) in [4.78, 5) is 4.24. The van der Waals surface area contributed by atoms with Crippen molar-refractivity contribution in [1.29, 1.82) is 0 Å². The minimum absolute atomic E-state index is 0.779. The Kier molecular flexibility index (Phi) is 3.30. The van der Waals surface area contributed by atoms with Crippen LogP contribution in [0.3, 0.4) is 0 Å². The number of aromatic nitrogens is 3. The second kappa shape index (κ2) is 5.10. The highest BCUT2D eigenvalue weighted by atomic mass is 35.5. The van der Waals surface area contributed by atoms with Gasteiger partial charge in [0.1, 0.15) is 0 Å². The Morgan fingerprint density at radius 3 is 2.95 bits per heavy atom. The molecule has 0 radical (unpaired) electrons. The van der Waals surface area contributed by atoms with Gasteiger partial charge in [0.15, 0.2) is 0 Å². The van der Waals surface area contributed by atoms with Gasteiger partial charge in [0, 0.05) is 34.9 Å². The molecule has 0 saturated heterocycles. The first-order valence-electron chi connectivity index (χ1n) is 6.51. The van der Waals surface area contributed by atoms with Crippen LogP contribution >= 0.6 is 11.6 Å². The molecule has 3 aromatic rings. The van der Waals surface area contributed by atoms with Crippen molar-refractivity contribution in [3.05, 3.63) is 53.7 Å². The van der Waals surface area contributed by atoms with Gasteiger partial charge in [-0.05, 0) is 30.7 Å². The molecule has 0 bridgehead atoms. The van der Waals surface area contributed by atoms with Crippen LogP contribution in [-0.2, 0) is 13.1 Å². The number of benzene rings is 1. The van der Waals surface area contributed by atoms with E-state index in [0.29, 0.717) is 0 Å². The molecule has 2 heterocycles. The predicted octanol–water partition coefficient (Wildman–Crippen LogP) is 3.95. The van der Waals surface area contributed by atoms with Gasteiger partial charge in [0.05, 0.1) is 18.6 Å². The van der Waals surface area contributed by atoms with E-state index in [2.05, 4.69) is 39.4 Å². The van der Waals surface area contributed by atoms with Gasteiger partial charge < -0.3 is 9.13 Å². The maximum absolute atomic E-state index is 6.01. The summed E-state index contributed by atoms with van der Waals surface area (Å²) < 4.78 is 4.44. The lowest BCUT2D eigenvalue weighted by molar-refractivity contribution is 0.629. The van der Waals surface area contributed by atoms with Crippen LogP contribution in [0.25, 0.3) is 10.9 Å². The second-order valence-electron chi connectivity index (χ2n) is 4.73. The van der Waals surface area contributed by atoms with Gasteiger partial charge in [-0.1, -0.05) is 18.5 Å². The van der Waals surface area contributed by atoms with Crippen molar-refractivity contribution < 1.29 is 0 Å². The van der Waals surface area contributed by atoms with Gasteiger partial charge in [0.2, 0.25) is 0 Å². The molecule has 19 heavy (non-hydrogen) atoms. The number of nitrogens with zero attached hydrogens (tertiary/aromatic N) is 3. The molecule has 2 aromatic heterocycles. The van der Waals surface area contributed by atoms with Gasteiger partial charge in [-0.2, -0.15) is 0 Å². The molecule has 4 heteroatoms. The lowest BCUT2D eigenvalue weighted by Gasteiger charge is -2.09. The predicted molar refractivity (Wildman–Crippen MR) is 78.6 cm³/mol. The Balaban J connectivity index is 1.94. The van der Waals surface area contributed by atoms with E-state index in [1.165, 1.54) is 16.6 Å². The molecule has 1 aromatic carbocycles. The van der Waals surface area contributed by atoms with E-state index in [1.807, 2.05) is 24.7 Å². The molecule has 0 aliphatic carbocycles. The first kappa shape index (κ1) is 12.3. The van der Waals surface area contributed by atoms with Crippen LogP contribution in [0.2, 0.25) is 5.02 Å². The maximum atomic E-state index is 6.01. The molecular weight excluding hydrogens is 258 g/mol. The summed E-state index contributed by atoms with van der Waals surface area (Å²) in [6.45, 7) is 4.03. The molecule has 0 N–H and O–H groups in total. The van der Waals surface area contributed by atoms with E-state index in [4.69, 9.17) is 11.6 Å². The maximum Gasteiger partial charge on any atom is 0.0948 e. The highest BCUT2D eigenvalue weighted by molar-refractivity contribution is 6.31. The van der Waals surface area contributed by atoms with Gasteiger partial charge in [-0.15, -0.1) is 0 Å². The van der Waals surface area contributed by atoms with E-state index in [1.54, 1.807) is 0 Å². The van der Waals surface area contributed by atoms with Crippen molar-refractivity contribution in [2.45, 2.75) is 26.4 Å². The topological polar surface area (TPSA) is 22.8 Å². The van der Waals surface area contributed by atoms with E-state index in [0.717, 1.165) is 24.5 Å². The quantitative estimate of drug-likeness (QED) is 0.706. The van der Waals surface area contributed by atoms with Gasteiger partial charge in [-0.3, -0.25) is 0 Å². The Labute approximate surface area is 117 Å². The standard InChI is InChI=1S/C15H16ClN3/c1-2-6-19-11-17-9-14(19)10-18-7-5-12-8-13(16)3-4-15(12)18/h3-5,7-9,11H,2,6,10H2,1H3. The molecule has 0 spiro atoms.